The van der Waals surface area contributed by atoms with Gasteiger partial charge in [-0.15, -0.1) is 0 Å². The minimum atomic E-state index is -0.0769. The van der Waals surface area contributed by atoms with Gasteiger partial charge in [0.15, 0.2) is 5.58 Å². The van der Waals surface area contributed by atoms with Gasteiger partial charge in [-0.2, -0.15) is 4.74 Å². The van der Waals surface area contributed by atoms with Gasteiger partial charge in [0.1, 0.15) is 5.75 Å². The number of nitrogens with zero attached hydrogens (tertiary/aromatic N) is 1. The third-order valence-corrected chi connectivity index (χ3v) is 3.50. The number of rotatable bonds is 1. The summed E-state index contributed by atoms with van der Waals surface area (Å²) in [7, 11) is 0. The summed E-state index contributed by atoms with van der Waals surface area (Å²) in [5.74, 6) is 0.127. The molecular formula is C13H15NO3. The van der Waals surface area contributed by atoms with Gasteiger partial charge in [-0.05, 0) is 25.0 Å². The maximum Gasteiger partial charge on any atom is 0.290 e. The molecule has 0 spiro atoms. The monoisotopic (exact) mass is 233 g/mol. The molecule has 0 aliphatic heterocycles. The van der Waals surface area contributed by atoms with E-state index in [0.717, 1.165) is 25.7 Å². The summed E-state index contributed by atoms with van der Waals surface area (Å²) in [6.07, 6.45) is 5.56. The fourth-order valence-electron chi connectivity index (χ4n) is 2.59. The second-order valence-corrected chi connectivity index (χ2v) is 4.69. The minimum absolute atomic E-state index is 0.0769. The van der Waals surface area contributed by atoms with Crippen LogP contribution in [-0.4, -0.2) is 9.85 Å². The number of benzene rings is 1. The maximum atomic E-state index is 12.1. The van der Waals surface area contributed by atoms with Gasteiger partial charge in [0.05, 0.1) is 11.4 Å². The number of fused-ring (bicyclic) bond motifs is 1. The molecule has 0 bridgehead atoms. The van der Waals surface area contributed by atoms with Crippen molar-refractivity contribution in [1.82, 2.24) is 4.74 Å². The molecule has 1 fully saturated rings. The molecule has 0 unspecified atom stereocenters. The molecule has 17 heavy (non-hydrogen) atoms. The summed E-state index contributed by atoms with van der Waals surface area (Å²) < 4.78 is 7.05. The summed E-state index contributed by atoms with van der Waals surface area (Å²) in [4.78, 5) is 12.1. The van der Waals surface area contributed by atoms with Crippen molar-refractivity contribution < 1.29 is 9.63 Å². The zero-order valence-corrected chi connectivity index (χ0v) is 9.56. The highest BCUT2D eigenvalue weighted by Crippen LogP contribution is 2.28. The molecule has 1 saturated carbocycles. The number of phenols is 1. The molecule has 2 aromatic rings. The van der Waals surface area contributed by atoms with Crippen LogP contribution in [0.4, 0.5) is 0 Å². The van der Waals surface area contributed by atoms with E-state index in [9.17, 15) is 9.90 Å². The summed E-state index contributed by atoms with van der Waals surface area (Å²) in [6.45, 7) is 0. The summed E-state index contributed by atoms with van der Waals surface area (Å²) in [5, 5.41) is 9.92. The van der Waals surface area contributed by atoms with Crippen LogP contribution >= 0.6 is 0 Å². The SMILES string of the molecule is O=c1c2ccc(O)cc2on1C1CCCCC1. The van der Waals surface area contributed by atoms with Crippen LogP contribution in [0, 0.1) is 0 Å². The molecule has 1 aromatic heterocycles. The van der Waals surface area contributed by atoms with Crippen LogP contribution in [0.25, 0.3) is 11.0 Å². The van der Waals surface area contributed by atoms with E-state index in [4.69, 9.17) is 4.52 Å². The summed E-state index contributed by atoms with van der Waals surface area (Å²) in [5.41, 5.74) is 0.396. The lowest BCUT2D eigenvalue weighted by atomic mass is 9.96. The second-order valence-electron chi connectivity index (χ2n) is 4.69. The largest absolute Gasteiger partial charge is 0.508 e. The number of hydrogen-bond donors (Lipinski definition) is 1. The number of hydrogen-bond acceptors (Lipinski definition) is 3. The molecule has 3 rings (SSSR count). The Labute approximate surface area is 98.4 Å². The number of aromatic nitrogens is 1. The molecule has 0 amide bonds. The first-order valence-electron chi connectivity index (χ1n) is 6.10. The zero-order valence-electron chi connectivity index (χ0n) is 9.56. The van der Waals surface area contributed by atoms with Crippen LogP contribution in [0.3, 0.4) is 0 Å². The lowest BCUT2D eigenvalue weighted by Crippen LogP contribution is -2.22. The fraction of sp³-hybridized carbons (Fsp3) is 0.462. The van der Waals surface area contributed by atoms with E-state index in [1.807, 2.05) is 0 Å². The zero-order chi connectivity index (χ0) is 11.8. The fourth-order valence-corrected chi connectivity index (χ4v) is 2.59. The molecule has 0 radical (unpaired) electrons. The summed E-state index contributed by atoms with van der Waals surface area (Å²) in [6, 6.07) is 4.82. The van der Waals surface area contributed by atoms with Gasteiger partial charge in [0, 0.05) is 6.07 Å². The predicted octanol–water partition coefficient (Wildman–Crippen LogP) is 2.81. The smallest absolute Gasteiger partial charge is 0.290 e. The maximum absolute atomic E-state index is 12.1. The van der Waals surface area contributed by atoms with E-state index in [-0.39, 0.29) is 17.4 Å². The first kappa shape index (κ1) is 10.4. The van der Waals surface area contributed by atoms with Crippen molar-refractivity contribution in [2.24, 2.45) is 0 Å². The quantitative estimate of drug-likeness (QED) is 0.824. The summed E-state index contributed by atoms with van der Waals surface area (Å²) >= 11 is 0. The Morgan fingerprint density at radius 1 is 1.24 bits per heavy atom. The van der Waals surface area contributed by atoms with E-state index in [1.165, 1.54) is 23.3 Å². The van der Waals surface area contributed by atoms with Gasteiger partial charge >= 0.3 is 0 Å². The van der Waals surface area contributed by atoms with Crippen LogP contribution in [0.15, 0.2) is 27.5 Å². The second kappa shape index (κ2) is 3.95. The highest BCUT2D eigenvalue weighted by atomic mass is 16.5. The minimum Gasteiger partial charge on any atom is -0.508 e. The van der Waals surface area contributed by atoms with E-state index in [2.05, 4.69) is 0 Å². The van der Waals surface area contributed by atoms with Crippen molar-refractivity contribution in [3.8, 4) is 5.75 Å². The van der Waals surface area contributed by atoms with Crippen molar-refractivity contribution in [2.45, 2.75) is 38.1 Å². The Kier molecular flexibility index (Phi) is 2.42. The lowest BCUT2D eigenvalue weighted by molar-refractivity contribution is 0.187. The van der Waals surface area contributed by atoms with Gasteiger partial charge in [-0.3, -0.25) is 4.79 Å². The van der Waals surface area contributed by atoms with Gasteiger partial charge in [0.25, 0.3) is 5.56 Å². The van der Waals surface area contributed by atoms with Crippen molar-refractivity contribution in [1.29, 1.82) is 0 Å². The number of phenolic OH excluding ortho intramolecular Hbond substituents is 1. The molecule has 1 heterocycles. The molecule has 1 aliphatic carbocycles. The molecule has 0 atom stereocenters. The Bertz CT molecular complexity index is 590. The molecular weight excluding hydrogens is 218 g/mol. The predicted molar refractivity (Wildman–Crippen MR) is 64.3 cm³/mol. The average molecular weight is 233 g/mol. The van der Waals surface area contributed by atoms with Crippen molar-refractivity contribution in [2.75, 3.05) is 0 Å². The topological polar surface area (TPSA) is 55.4 Å². The average Bonchev–Trinajstić information content (AvgIpc) is 2.67. The molecule has 1 N–H and O–H groups in total. The Morgan fingerprint density at radius 2 is 2.00 bits per heavy atom. The Balaban J connectivity index is 2.10. The van der Waals surface area contributed by atoms with Gasteiger partial charge in [-0.25, -0.2) is 0 Å². The molecule has 1 aromatic carbocycles. The van der Waals surface area contributed by atoms with Crippen molar-refractivity contribution in [3.05, 3.63) is 28.6 Å². The first-order valence-corrected chi connectivity index (χ1v) is 6.10. The Hall–Kier alpha value is -1.71. The van der Waals surface area contributed by atoms with Crippen LogP contribution < -0.4 is 5.56 Å². The molecule has 1 aliphatic rings. The van der Waals surface area contributed by atoms with E-state index >= 15 is 0 Å². The molecule has 4 heteroatoms. The first-order chi connectivity index (χ1) is 8.25. The highest BCUT2D eigenvalue weighted by molar-refractivity contribution is 5.77. The van der Waals surface area contributed by atoms with E-state index < -0.39 is 0 Å². The van der Waals surface area contributed by atoms with Crippen molar-refractivity contribution >= 4 is 11.0 Å². The normalized spacial score (nSPS) is 17.6. The van der Waals surface area contributed by atoms with E-state index in [0.29, 0.717) is 11.0 Å². The van der Waals surface area contributed by atoms with Crippen LogP contribution in [0.5, 0.6) is 5.75 Å². The van der Waals surface area contributed by atoms with Gasteiger partial charge in [0.2, 0.25) is 0 Å². The van der Waals surface area contributed by atoms with Gasteiger partial charge < -0.3 is 9.63 Å². The standard InChI is InChI=1S/C13H15NO3/c15-10-6-7-11-12(8-10)17-14(13(11)16)9-4-2-1-3-5-9/h6-9,15H,1-5H2. The van der Waals surface area contributed by atoms with Crippen LogP contribution in [0.1, 0.15) is 38.1 Å². The van der Waals surface area contributed by atoms with Crippen molar-refractivity contribution in [3.63, 3.8) is 0 Å². The third-order valence-electron chi connectivity index (χ3n) is 3.50. The van der Waals surface area contributed by atoms with E-state index in [1.54, 1.807) is 6.07 Å². The third kappa shape index (κ3) is 1.73. The number of aromatic hydroxyl groups is 1. The Morgan fingerprint density at radius 3 is 2.76 bits per heavy atom. The van der Waals surface area contributed by atoms with Crippen LogP contribution in [0.2, 0.25) is 0 Å². The lowest BCUT2D eigenvalue weighted by Gasteiger charge is -2.20. The molecule has 90 valence electrons. The van der Waals surface area contributed by atoms with Gasteiger partial charge in [-0.1, -0.05) is 19.3 Å². The molecule has 4 nitrogen and oxygen atoms in total. The highest BCUT2D eigenvalue weighted by Gasteiger charge is 2.20. The molecule has 0 saturated heterocycles. The van der Waals surface area contributed by atoms with Crippen LogP contribution in [-0.2, 0) is 0 Å².